The minimum Gasteiger partial charge on any atom is -0.623 e. The van der Waals surface area contributed by atoms with Gasteiger partial charge in [-0.2, -0.15) is 25.8 Å². The summed E-state index contributed by atoms with van der Waals surface area (Å²) in [7, 11) is -9.28. The van der Waals surface area contributed by atoms with E-state index in [0.29, 0.717) is 153 Å². The number of piperazine rings is 1. The van der Waals surface area contributed by atoms with Gasteiger partial charge in [-0.05, 0) is 229 Å². The van der Waals surface area contributed by atoms with Crippen molar-refractivity contribution in [1.29, 1.82) is 0 Å². The molecule has 0 saturated carbocycles. The van der Waals surface area contributed by atoms with E-state index in [1.54, 1.807) is 167 Å². The standard InChI is InChI=1S/C17H27N2O2S.C16H25N3O3S.C16H25N2O3S.C16H25N2O2S.C15H22N2O4S.C15H24N2O3S.C14H20N2O2/c1-17(2,3)18(4)14-15-8-10-16(11-9-15)22(20,21)19-12-6-5-7-13-19;1-16(2,3)19(20)13-14-5-7-15(8-6-14)23(21,22)18-11-9-17(4)10-12-18;1-16(2,3)17(4)13-14-7-5-6-8-15(14)22(19,20)18-9-11-21-12-10-18;1-16(2,3)17(4)13-14-7-9-15(10-8-14)21(19,20)18-11-5-6-12-18;1-15(2,3)17(18)12-13-4-6-14(7-5-13)22(19,20)16-8-10-21-11-9-16;1-6-16(7-2)21(19,20)14-11-9-8-10-13(14)12-17(18)15(3,4)5;1-14(2,3)16(18)10-11-8-6-7-9-12(11)13(17)15(4)5/h8-11,14H,5-7,12-13H2,1-4H3;5-8,13H,9-12H2,1-4H3;5-8,13H,9-12H2,1-4H3;7-10,13H,5-6,11-12H2,1-4H3;4-7,12H,8-11H2,1-3H3;8-12H,6-7H2,1-5H3;6-10H,1-5H3/q+1;;2*+1;;;/b;19-13-;;;2*17-12-;16-10-. The van der Waals surface area contributed by atoms with Crippen LogP contribution in [0.5, 0.6) is 0 Å². The lowest BCUT2D eigenvalue weighted by atomic mass is 10.1. The van der Waals surface area contributed by atoms with Gasteiger partial charge in [0.1, 0.15) is 21.1 Å². The Morgan fingerprint density at radius 3 is 0.879 bits per heavy atom. The zero-order chi connectivity index (χ0) is 112. The fourth-order valence-corrected chi connectivity index (χ4v) is 23.3. The van der Waals surface area contributed by atoms with Crippen LogP contribution in [0.1, 0.15) is 241 Å². The molecule has 12 rings (SSSR count). The Labute approximate surface area is 891 Å². The van der Waals surface area contributed by atoms with Crippen LogP contribution in [0, 0.1) is 20.8 Å². The van der Waals surface area contributed by atoms with Crippen molar-refractivity contribution in [3.05, 3.63) is 235 Å². The molecule has 0 bridgehead atoms. The average Bonchev–Trinajstić information content (AvgIpc) is 1.56. The molecule has 5 aliphatic heterocycles. The van der Waals surface area contributed by atoms with Crippen LogP contribution in [0.2, 0.25) is 0 Å². The van der Waals surface area contributed by atoms with Crippen LogP contribution in [0.3, 0.4) is 0 Å². The van der Waals surface area contributed by atoms with Crippen molar-refractivity contribution in [2.45, 2.75) is 259 Å². The Bertz CT molecular complexity index is 6400. The Morgan fingerprint density at radius 1 is 0.309 bits per heavy atom. The van der Waals surface area contributed by atoms with Gasteiger partial charge in [0.2, 0.25) is 60.1 Å². The molecular weight excluding hydrogens is 2020 g/mol. The molecule has 5 aliphatic rings. The number of morpholine rings is 2. The Kier molecular flexibility index (Phi) is 46.9. The van der Waals surface area contributed by atoms with E-state index in [1.165, 1.54) is 65.2 Å². The van der Waals surface area contributed by atoms with Crippen molar-refractivity contribution in [1.82, 2.24) is 35.6 Å². The normalized spacial score (nSPS) is 17.1. The SMILES string of the molecule is CC(C)(C)/[N+]([O-])=C/c1ccc(S(=O)(=O)N2CCOCC2)cc1.CCN(CC)S(=O)(=O)c1ccccc1/C=[N+](\[O-])C(C)(C)C.CN(C)C(=O)c1ccccc1/C=[N+](\[O-])C(C)(C)C.CN1CCN(S(=O)(=O)c2ccc(/C=[N+](\[O-])C(C)(C)C)cc2)CC1.C[N+](=Cc1ccc(S(=O)(=O)N2CCCC2)cc1)C(C)(C)C.C[N+](=Cc1ccc(S(=O)(=O)N2CCCCC2)cc1)C(C)(C)C.C[N+](=Cc1ccccc1S(=O)(=O)N1CCOCC1)C(C)(C)C. The number of carbonyl (C=O) groups excluding carboxylic acids is 1. The van der Waals surface area contributed by atoms with Gasteiger partial charge in [-0.25, -0.2) is 83.2 Å². The highest BCUT2D eigenvalue weighted by Crippen LogP contribution is 2.29. The number of carbonyl (C=O) groups is 1. The molecule has 0 spiro atoms. The number of hydroxylamine groups is 4. The lowest BCUT2D eigenvalue weighted by Gasteiger charge is -2.31. The van der Waals surface area contributed by atoms with Gasteiger partial charge in [-0.3, -0.25) is 4.79 Å². The van der Waals surface area contributed by atoms with Crippen LogP contribution < -0.4 is 0 Å². The van der Waals surface area contributed by atoms with Crippen molar-refractivity contribution >= 4 is 110 Å². The van der Waals surface area contributed by atoms with E-state index in [2.05, 4.69) is 76.4 Å². The zero-order valence-electron chi connectivity index (χ0n) is 93.4. The summed E-state index contributed by atoms with van der Waals surface area (Å²) in [6.45, 7) is 53.5. The molecule has 5 saturated heterocycles. The van der Waals surface area contributed by atoms with Gasteiger partial charge < -0.3 is 40.1 Å². The quantitative estimate of drug-likeness (QED) is 0.0263. The van der Waals surface area contributed by atoms with Gasteiger partial charge in [0.25, 0.3) is 5.91 Å². The van der Waals surface area contributed by atoms with E-state index in [0.717, 1.165) is 75.3 Å². The third kappa shape index (κ3) is 38.5. The molecule has 826 valence electrons. The van der Waals surface area contributed by atoms with E-state index < -0.39 is 82.3 Å². The van der Waals surface area contributed by atoms with Crippen LogP contribution in [-0.4, -0.2) is 367 Å². The number of amides is 1. The second kappa shape index (κ2) is 54.7. The predicted molar refractivity (Wildman–Crippen MR) is 597 cm³/mol. The van der Waals surface area contributed by atoms with Crippen LogP contribution in [0.4, 0.5) is 0 Å². The summed E-state index contributed by atoms with van der Waals surface area (Å²) in [5, 5.41) is 47.8. The van der Waals surface area contributed by atoms with E-state index in [9.17, 15) is 76.1 Å². The van der Waals surface area contributed by atoms with Gasteiger partial charge in [-0.1, -0.05) is 56.7 Å². The molecule has 40 heteroatoms. The maximum atomic E-state index is 12.9. The number of sulfonamides is 6. The van der Waals surface area contributed by atoms with Crippen LogP contribution in [0.25, 0.3) is 0 Å². The third-order valence-electron chi connectivity index (χ3n) is 25.1. The van der Waals surface area contributed by atoms with Gasteiger partial charge in [0.15, 0.2) is 82.3 Å². The fourth-order valence-electron chi connectivity index (χ4n) is 14.2. The molecule has 5 heterocycles. The maximum absolute atomic E-state index is 12.9. The summed E-state index contributed by atoms with van der Waals surface area (Å²) in [6, 6.07) is 48.0. The first-order chi connectivity index (χ1) is 68.8. The topological polar surface area (TPSA) is 380 Å². The van der Waals surface area contributed by atoms with E-state index in [4.69, 9.17) is 9.47 Å². The molecule has 7 aromatic rings. The molecular formula is C109H168N15O19S6+3. The number of rotatable bonds is 22. The van der Waals surface area contributed by atoms with Crippen molar-refractivity contribution in [3.8, 4) is 0 Å². The second-order valence-corrected chi connectivity index (χ2v) is 55.8. The lowest BCUT2D eigenvalue weighted by molar-refractivity contribution is -0.566. The predicted octanol–water partition coefficient (Wildman–Crippen LogP) is 14.0. The van der Waals surface area contributed by atoms with Crippen molar-refractivity contribution in [3.63, 3.8) is 0 Å². The largest absolute Gasteiger partial charge is 0.623 e. The molecule has 0 aromatic heterocycles. The van der Waals surface area contributed by atoms with Crippen LogP contribution in [-0.2, 0) is 69.6 Å². The second-order valence-electron chi connectivity index (χ2n) is 44.3. The first-order valence-corrected chi connectivity index (χ1v) is 59.2. The molecule has 0 atom stereocenters. The van der Waals surface area contributed by atoms with E-state index in [-0.39, 0.29) is 37.2 Å². The average molecular weight is 2190 g/mol. The zero-order valence-corrected chi connectivity index (χ0v) is 98.3. The lowest BCUT2D eigenvalue weighted by Crippen LogP contribution is -2.46. The number of hydrogen-bond donors (Lipinski definition) is 0. The molecule has 149 heavy (non-hydrogen) atoms. The number of nitrogens with zero attached hydrogens (tertiary/aromatic N) is 15. The van der Waals surface area contributed by atoms with Crippen molar-refractivity contribution in [2.75, 3.05) is 160 Å². The fraction of sp³-hybridized carbons (Fsp3) is 0.541. The summed E-state index contributed by atoms with van der Waals surface area (Å²) >= 11 is 0. The molecule has 1 amide bonds. The van der Waals surface area contributed by atoms with Gasteiger partial charge in [-0.15, -0.1) is 0 Å². The number of piperidine rings is 1. The van der Waals surface area contributed by atoms with E-state index >= 15 is 0 Å². The molecule has 0 radical (unpaired) electrons. The minimum absolute atomic E-state index is 0.0402. The smallest absolute Gasteiger partial charge is 0.254 e. The highest BCUT2D eigenvalue weighted by molar-refractivity contribution is 7.90. The first-order valence-electron chi connectivity index (χ1n) is 50.6. The number of likely N-dealkylation sites (N-methyl/N-ethyl adjacent to an activating group) is 1. The summed E-state index contributed by atoms with van der Waals surface area (Å²) in [6.07, 6.45) is 16.7. The first kappa shape index (κ1) is 128. The summed E-state index contributed by atoms with van der Waals surface area (Å²) < 4.78 is 180. The number of ether oxygens (including phenoxy) is 2. The summed E-state index contributed by atoms with van der Waals surface area (Å²) in [5.74, 6) is -0.107. The summed E-state index contributed by atoms with van der Waals surface area (Å²) in [4.78, 5) is 17.4. The molecule has 34 nitrogen and oxygen atoms in total. The molecule has 5 fully saturated rings. The Balaban J connectivity index is 0.000000266. The number of hydrogen-bond acceptors (Lipinski definition) is 20. The highest BCUT2D eigenvalue weighted by atomic mass is 32.2. The van der Waals surface area contributed by atoms with Gasteiger partial charge in [0, 0.05) is 211 Å². The minimum atomic E-state index is -3.59. The van der Waals surface area contributed by atoms with Crippen LogP contribution in [0.15, 0.2) is 199 Å². The van der Waals surface area contributed by atoms with Crippen LogP contribution >= 0.6 is 0 Å². The monoisotopic (exact) mass is 2180 g/mol. The molecule has 0 N–H and O–H groups in total. The third-order valence-corrected chi connectivity index (χ3v) is 36.9. The molecule has 0 unspecified atom stereocenters. The van der Waals surface area contributed by atoms with Crippen molar-refractivity contribution < 1.29 is 97.5 Å². The Morgan fingerprint density at radius 2 is 0.564 bits per heavy atom. The van der Waals surface area contributed by atoms with Gasteiger partial charge >= 0.3 is 0 Å². The van der Waals surface area contributed by atoms with E-state index in [1.807, 2.05) is 156 Å². The molecule has 0 aliphatic carbocycles. The summed E-state index contributed by atoms with van der Waals surface area (Å²) in [5.41, 5.74) is 3.49. The maximum Gasteiger partial charge on any atom is 0.254 e. The highest BCUT2D eigenvalue weighted by Gasteiger charge is 2.36. The Hall–Kier alpha value is -9.76. The number of benzene rings is 7. The van der Waals surface area contributed by atoms with Gasteiger partial charge in [0.05, 0.1) is 78.1 Å². The molecule has 7 aromatic carbocycles. The van der Waals surface area contributed by atoms with Crippen molar-refractivity contribution in [2.24, 2.45) is 0 Å².